The lowest BCUT2D eigenvalue weighted by atomic mass is 10.2. The summed E-state index contributed by atoms with van der Waals surface area (Å²) in [6.07, 6.45) is 8.27. The Labute approximate surface area is 190 Å². The normalized spacial score (nSPS) is 17.0. The van der Waals surface area contributed by atoms with Gasteiger partial charge in [0.1, 0.15) is 0 Å². The number of quaternary nitrogens is 2. The summed E-state index contributed by atoms with van der Waals surface area (Å²) in [6.45, 7) is 32.6. The molecule has 0 saturated carbocycles. The van der Waals surface area contributed by atoms with Gasteiger partial charge in [-0.05, 0) is 53.4 Å². The van der Waals surface area contributed by atoms with Crippen molar-refractivity contribution in [3.8, 4) is 0 Å². The van der Waals surface area contributed by atoms with Crippen LogP contribution in [0.25, 0.3) is 0 Å². The van der Waals surface area contributed by atoms with Gasteiger partial charge in [-0.3, -0.25) is 9.80 Å². The standard InChI is InChI=1S/C26H58N4/c1-7-13-15-23-29(9-3,10-4)25-21-27-17-19-28(20-18-27)22-26-30(11-5,12-6)24-16-14-8-2/h7-26H2,1-6H3/q+2. The second-order valence-corrected chi connectivity index (χ2v) is 9.94. The van der Waals surface area contributed by atoms with E-state index in [0.29, 0.717) is 0 Å². The molecule has 0 atom stereocenters. The number of nitrogens with zero attached hydrogens (tertiary/aromatic N) is 4. The molecular weight excluding hydrogens is 368 g/mol. The minimum atomic E-state index is 1.27. The van der Waals surface area contributed by atoms with Gasteiger partial charge in [-0.2, -0.15) is 0 Å². The molecule has 0 aromatic heterocycles. The zero-order chi connectivity index (χ0) is 22.3. The number of piperazine rings is 1. The molecule has 1 rings (SSSR count). The van der Waals surface area contributed by atoms with Gasteiger partial charge in [0.05, 0.1) is 52.4 Å². The molecule has 4 nitrogen and oxygen atoms in total. The highest BCUT2D eigenvalue weighted by molar-refractivity contribution is 4.72. The second-order valence-electron chi connectivity index (χ2n) is 9.94. The van der Waals surface area contributed by atoms with Crippen LogP contribution >= 0.6 is 0 Å². The fourth-order valence-electron chi connectivity index (χ4n) is 5.27. The highest BCUT2D eigenvalue weighted by Crippen LogP contribution is 2.14. The summed E-state index contributed by atoms with van der Waals surface area (Å²) in [7, 11) is 0. The maximum atomic E-state index is 2.75. The van der Waals surface area contributed by atoms with E-state index in [1.807, 2.05) is 0 Å². The van der Waals surface area contributed by atoms with Crippen molar-refractivity contribution in [1.82, 2.24) is 9.80 Å². The Morgan fingerprint density at radius 1 is 0.467 bits per heavy atom. The van der Waals surface area contributed by atoms with E-state index >= 15 is 0 Å². The van der Waals surface area contributed by atoms with Gasteiger partial charge in [-0.25, -0.2) is 0 Å². The Morgan fingerprint density at radius 3 is 1.07 bits per heavy atom. The highest BCUT2D eigenvalue weighted by atomic mass is 15.4. The second kappa shape index (κ2) is 15.6. The SMILES string of the molecule is CCCCC[N+](CC)(CC)CCN1CCN(CC[N+](CC)(CC)CCCCC)CC1. The first-order valence-electron chi connectivity index (χ1n) is 13.7. The van der Waals surface area contributed by atoms with Gasteiger partial charge in [-0.15, -0.1) is 0 Å². The molecule has 0 aromatic carbocycles. The molecule has 0 bridgehead atoms. The molecule has 0 radical (unpaired) electrons. The van der Waals surface area contributed by atoms with Crippen LogP contribution in [0.15, 0.2) is 0 Å². The molecular formula is C26H58N4+2. The molecule has 30 heavy (non-hydrogen) atoms. The van der Waals surface area contributed by atoms with Crippen molar-refractivity contribution in [2.45, 2.75) is 80.1 Å². The maximum Gasteiger partial charge on any atom is 0.0915 e. The lowest BCUT2D eigenvalue weighted by molar-refractivity contribution is -0.924. The van der Waals surface area contributed by atoms with Gasteiger partial charge in [0.15, 0.2) is 0 Å². The van der Waals surface area contributed by atoms with E-state index in [1.54, 1.807) is 0 Å². The van der Waals surface area contributed by atoms with E-state index in [1.165, 1.54) is 139 Å². The number of rotatable bonds is 18. The van der Waals surface area contributed by atoms with E-state index in [9.17, 15) is 0 Å². The third-order valence-corrected chi connectivity index (χ3v) is 8.40. The van der Waals surface area contributed by atoms with Crippen molar-refractivity contribution in [2.24, 2.45) is 0 Å². The average molecular weight is 427 g/mol. The summed E-state index contributed by atoms with van der Waals surface area (Å²) in [5, 5.41) is 0. The van der Waals surface area contributed by atoms with E-state index in [2.05, 4.69) is 51.3 Å². The first-order valence-corrected chi connectivity index (χ1v) is 13.7. The molecule has 0 aromatic rings. The van der Waals surface area contributed by atoms with Crippen LogP contribution in [0.5, 0.6) is 0 Å². The Morgan fingerprint density at radius 2 is 0.800 bits per heavy atom. The van der Waals surface area contributed by atoms with Gasteiger partial charge in [0, 0.05) is 39.3 Å². The van der Waals surface area contributed by atoms with Crippen molar-refractivity contribution < 1.29 is 8.97 Å². The van der Waals surface area contributed by atoms with Crippen LogP contribution in [0.1, 0.15) is 80.1 Å². The van der Waals surface area contributed by atoms with Crippen LogP contribution in [-0.2, 0) is 0 Å². The average Bonchev–Trinajstić information content (AvgIpc) is 2.80. The molecule has 0 unspecified atom stereocenters. The monoisotopic (exact) mass is 426 g/mol. The topological polar surface area (TPSA) is 6.48 Å². The quantitative estimate of drug-likeness (QED) is 0.232. The summed E-state index contributed by atoms with van der Waals surface area (Å²) < 4.78 is 2.65. The molecule has 0 spiro atoms. The molecule has 0 amide bonds. The summed E-state index contributed by atoms with van der Waals surface area (Å²) in [5.41, 5.74) is 0. The van der Waals surface area contributed by atoms with Crippen molar-refractivity contribution in [3.63, 3.8) is 0 Å². The minimum Gasteiger partial charge on any atom is -0.323 e. The number of hydrogen-bond donors (Lipinski definition) is 0. The van der Waals surface area contributed by atoms with Gasteiger partial charge in [0.2, 0.25) is 0 Å². The largest absolute Gasteiger partial charge is 0.323 e. The number of hydrogen-bond acceptors (Lipinski definition) is 2. The maximum absolute atomic E-state index is 2.75. The molecule has 1 heterocycles. The first kappa shape index (κ1) is 27.9. The summed E-state index contributed by atoms with van der Waals surface area (Å²) in [4.78, 5) is 5.50. The molecule has 1 saturated heterocycles. The van der Waals surface area contributed by atoms with Crippen molar-refractivity contribution in [1.29, 1.82) is 0 Å². The van der Waals surface area contributed by atoms with Crippen LogP contribution < -0.4 is 0 Å². The smallest absolute Gasteiger partial charge is 0.0915 e. The van der Waals surface area contributed by atoms with E-state index in [-0.39, 0.29) is 0 Å². The highest BCUT2D eigenvalue weighted by Gasteiger charge is 2.27. The zero-order valence-electron chi connectivity index (χ0n) is 21.9. The summed E-state index contributed by atoms with van der Waals surface area (Å²) in [6, 6.07) is 0. The minimum absolute atomic E-state index is 1.27. The van der Waals surface area contributed by atoms with Gasteiger partial charge < -0.3 is 8.97 Å². The molecule has 0 aliphatic carbocycles. The number of unbranched alkanes of at least 4 members (excludes halogenated alkanes) is 4. The Balaban J connectivity index is 2.39. The van der Waals surface area contributed by atoms with Crippen molar-refractivity contribution >= 4 is 0 Å². The van der Waals surface area contributed by atoms with Gasteiger partial charge in [0.25, 0.3) is 0 Å². The number of likely N-dealkylation sites (N-methyl/N-ethyl adjacent to an activating group) is 2. The van der Waals surface area contributed by atoms with E-state index < -0.39 is 0 Å². The molecule has 4 heteroatoms. The lowest BCUT2D eigenvalue weighted by Crippen LogP contribution is -2.56. The van der Waals surface area contributed by atoms with Gasteiger partial charge >= 0.3 is 0 Å². The Bertz CT molecular complexity index is 358. The van der Waals surface area contributed by atoms with E-state index in [0.717, 1.165) is 0 Å². The Kier molecular flexibility index (Phi) is 14.5. The third kappa shape index (κ3) is 9.54. The fourth-order valence-corrected chi connectivity index (χ4v) is 5.27. The fraction of sp³-hybridized carbons (Fsp3) is 1.00. The lowest BCUT2D eigenvalue weighted by Gasteiger charge is -2.42. The molecule has 1 fully saturated rings. The van der Waals surface area contributed by atoms with Crippen LogP contribution in [0.4, 0.5) is 0 Å². The summed E-state index contributed by atoms with van der Waals surface area (Å²) >= 11 is 0. The summed E-state index contributed by atoms with van der Waals surface area (Å²) in [5.74, 6) is 0. The molecule has 0 N–H and O–H groups in total. The third-order valence-electron chi connectivity index (χ3n) is 8.40. The van der Waals surface area contributed by atoms with Crippen LogP contribution in [0, 0.1) is 0 Å². The van der Waals surface area contributed by atoms with Crippen LogP contribution in [-0.4, -0.2) is 110 Å². The Hall–Kier alpha value is -0.160. The molecule has 180 valence electrons. The van der Waals surface area contributed by atoms with E-state index in [4.69, 9.17) is 0 Å². The van der Waals surface area contributed by atoms with Gasteiger partial charge in [-0.1, -0.05) is 26.7 Å². The first-order chi connectivity index (χ1) is 14.5. The molecule has 1 aliphatic heterocycles. The van der Waals surface area contributed by atoms with Crippen molar-refractivity contribution in [3.05, 3.63) is 0 Å². The van der Waals surface area contributed by atoms with Crippen molar-refractivity contribution in [2.75, 3.05) is 91.6 Å². The predicted molar refractivity (Wildman–Crippen MR) is 134 cm³/mol. The zero-order valence-corrected chi connectivity index (χ0v) is 21.9. The van der Waals surface area contributed by atoms with Crippen LogP contribution in [0.3, 0.4) is 0 Å². The predicted octanol–water partition coefficient (Wildman–Crippen LogP) is 4.70. The molecule has 1 aliphatic rings. The van der Waals surface area contributed by atoms with Crippen LogP contribution in [0.2, 0.25) is 0 Å².